The Labute approximate surface area is 229 Å². The van der Waals surface area contributed by atoms with E-state index >= 15 is 0 Å². The van der Waals surface area contributed by atoms with Gasteiger partial charge in [-0.05, 0) is 41.4 Å². The highest BCUT2D eigenvalue weighted by Crippen LogP contribution is 2.26. The van der Waals surface area contributed by atoms with Crippen molar-refractivity contribution in [3.05, 3.63) is 80.9 Å². The topological polar surface area (TPSA) is 112 Å². The molecule has 1 aromatic carbocycles. The summed E-state index contributed by atoms with van der Waals surface area (Å²) in [5.41, 5.74) is 0.605. The predicted molar refractivity (Wildman–Crippen MR) is 149 cm³/mol. The fourth-order valence-electron chi connectivity index (χ4n) is 4.21. The van der Waals surface area contributed by atoms with E-state index in [1.807, 2.05) is 60.1 Å². The van der Waals surface area contributed by atoms with Gasteiger partial charge in [-0.1, -0.05) is 50.1 Å². The molecule has 0 spiro atoms. The van der Waals surface area contributed by atoms with E-state index in [0.717, 1.165) is 28.0 Å². The molecule has 0 bridgehead atoms. The molecular formula is C28H31N3O5S2. The average Bonchev–Trinajstić information content (AvgIpc) is 3.67. The Hall–Kier alpha value is -3.63. The first-order chi connectivity index (χ1) is 18.4. The van der Waals surface area contributed by atoms with Crippen molar-refractivity contribution in [3.63, 3.8) is 0 Å². The Morgan fingerprint density at radius 2 is 1.66 bits per heavy atom. The van der Waals surface area contributed by atoms with Crippen molar-refractivity contribution in [2.45, 2.75) is 57.8 Å². The maximum absolute atomic E-state index is 13.8. The Bertz CT molecular complexity index is 1260. The fraction of sp³-hybridized carbons (Fsp3) is 0.321. The number of amides is 3. The lowest BCUT2D eigenvalue weighted by Crippen LogP contribution is -2.51. The van der Waals surface area contributed by atoms with E-state index in [0.29, 0.717) is 30.9 Å². The summed E-state index contributed by atoms with van der Waals surface area (Å²) in [5.74, 6) is -0.904. The molecule has 3 N–H and O–H groups in total. The minimum Gasteiger partial charge on any atom is -0.481 e. The van der Waals surface area contributed by atoms with E-state index in [2.05, 4.69) is 10.6 Å². The van der Waals surface area contributed by atoms with Gasteiger partial charge < -0.3 is 25.1 Å². The van der Waals surface area contributed by atoms with Gasteiger partial charge in [-0.3, -0.25) is 9.59 Å². The molecule has 0 aliphatic carbocycles. The van der Waals surface area contributed by atoms with Crippen LogP contribution in [0.5, 0.6) is 0 Å². The average molecular weight is 554 g/mol. The Balaban J connectivity index is 1.51. The molecule has 0 fully saturated rings. The number of carboxylic acid groups (broad SMARTS) is 1. The summed E-state index contributed by atoms with van der Waals surface area (Å²) in [4.78, 5) is 42.4. The standard InChI is InChI=1S/C28H31N3O5S2/c1-2-3-11-22(27(34)31(17-20-9-6-13-37-20)18-21-10-7-14-38-21)29-28(35)30-23(16-26(32)33)25-15-19-8-4-5-12-24(19)36-25/h4-10,12-15,22-23H,2-3,11,16-18H2,1H3,(H,32,33)(H2,29,30,35)/t22-,23?/m0/s1. The molecule has 0 aliphatic rings. The number of rotatable bonds is 13. The number of furan rings is 1. The zero-order valence-corrected chi connectivity index (χ0v) is 22.7. The first kappa shape index (κ1) is 27.4. The summed E-state index contributed by atoms with van der Waals surface area (Å²) in [7, 11) is 0. The van der Waals surface area contributed by atoms with Crippen molar-refractivity contribution in [1.82, 2.24) is 15.5 Å². The van der Waals surface area contributed by atoms with Gasteiger partial charge in [0.2, 0.25) is 5.91 Å². The molecule has 10 heteroatoms. The maximum Gasteiger partial charge on any atom is 0.316 e. The molecule has 8 nitrogen and oxygen atoms in total. The normalized spacial score (nSPS) is 12.7. The number of urea groups is 1. The fourth-order valence-corrected chi connectivity index (χ4v) is 5.65. The van der Waals surface area contributed by atoms with Crippen molar-refractivity contribution >= 4 is 51.6 Å². The third-order valence-electron chi connectivity index (χ3n) is 6.09. The minimum atomic E-state index is -1.08. The molecule has 2 atom stereocenters. The van der Waals surface area contributed by atoms with E-state index in [-0.39, 0.29) is 12.3 Å². The third kappa shape index (κ3) is 7.45. The molecule has 3 amide bonds. The number of benzene rings is 1. The Kier molecular flexibility index (Phi) is 9.56. The molecule has 0 radical (unpaired) electrons. The second-order valence-corrected chi connectivity index (χ2v) is 11.1. The number of hydrogen-bond donors (Lipinski definition) is 3. The summed E-state index contributed by atoms with van der Waals surface area (Å²) < 4.78 is 5.83. The zero-order chi connectivity index (χ0) is 26.9. The number of carboxylic acids is 1. The first-order valence-corrected chi connectivity index (χ1v) is 14.3. The van der Waals surface area contributed by atoms with Crippen LogP contribution in [0.1, 0.15) is 54.2 Å². The number of para-hydroxylation sites is 1. The largest absolute Gasteiger partial charge is 0.481 e. The van der Waals surface area contributed by atoms with Crippen LogP contribution in [0.2, 0.25) is 0 Å². The van der Waals surface area contributed by atoms with Gasteiger partial charge in [-0.2, -0.15) is 0 Å². The minimum absolute atomic E-state index is 0.172. The number of hydrogen-bond acceptors (Lipinski definition) is 6. The molecule has 3 heterocycles. The quantitative estimate of drug-likeness (QED) is 0.184. The summed E-state index contributed by atoms with van der Waals surface area (Å²) in [6.45, 7) is 2.92. The molecule has 200 valence electrons. The van der Waals surface area contributed by atoms with Gasteiger partial charge in [-0.15, -0.1) is 22.7 Å². The van der Waals surface area contributed by atoms with Crippen molar-refractivity contribution in [2.24, 2.45) is 0 Å². The van der Waals surface area contributed by atoms with Crippen LogP contribution in [0.25, 0.3) is 11.0 Å². The number of nitrogens with one attached hydrogen (secondary N) is 2. The van der Waals surface area contributed by atoms with Crippen LogP contribution in [0, 0.1) is 0 Å². The number of nitrogens with zero attached hydrogens (tertiary/aromatic N) is 1. The van der Waals surface area contributed by atoms with Gasteiger partial charge in [0.05, 0.1) is 25.6 Å². The first-order valence-electron chi connectivity index (χ1n) is 12.5. The predicted octanol–water partition coefficient (Wildman–Crippen LogP) is 6.16. The van der Waals surface area contributed by atoms with Crippen LogP contribution in [-0.2, 0) is 22.7 Å². The van der Waals surface area contributed by atoms with Crippen LogP contribution < -0.4 is 10.6 Å². The lowest BCUT2D eigenvalue weighted by atomic mass is 10.1. The molecule has 38 heavy (non-hydrogen) atoms. The summed E-state index contributed by atoms with van der Waals surface area (Å²) in [6.07, 6.45) is 1.74. The Morgan fingerprint density at radius 1 is 0.974 bits per heavy atom. The van der Waals surface area contributed by atoms with Gasteiger partial charge in [-0.25, -0.2) is 4.79 Å². The molecule has 3 aromatic heterocycles. The number of carbonyl (C=O) groups excluding carboxylic acids is 2. The van der Waals surface area contributed by atoms with Gasteiger partial charge in [0.25, 0.3) is 0 Å². The third-order valence-corrected chi connectivity index (χ3v) is 7.81. The van der Waals surface area contributed by atoms with E-state index < -0.39 is 24.1 Å². The highest BCUT2D eigenvalue weighted by molar-refractivity contribution is 7.10. The molecule has 0 aliphatic heterocycles. The monoisotopic (exact) mass is 553 g/mol. The van der Waals surface area contributed by atoms with Crippen molar-refractivity contribution < 1.29 is 23.9 Å². The molecule has 4 rings (SSSR count). The Morgan fingerprint density at radius 3 is 2.24 bits per heavy atom. The number of fused-ring (bicyclic) bond motifs is 1. The van der Waals surface area contributed by atoms with Gasteiger partial charge in [0, 0.05) is 15.1 Å². The number of aliphatic carboxylic acids is 1. The van der Waals surface area contributed by atoms with Crippen LogP contribution >= 0.6 is 22.7 Å². The van der Waals surface area contributed by atoms with E-state index in [4.69, 9.17) is 4.42 Å². The van der Waals surface area contributed by atoms with E-state index in [9.17, 15) is 19.5 Å². The summed E-state index contributed by atoms with van der Waals surface area (Å²) in [6, 6.07) is 14.7. The number of unbranched alkanes of at least 4 members (excludes halogenated alkanes) is 1. The van der Waals surface area contributed by atoms with Crippen LogP contribution in [0.3, 0.4) is 0 Å². The van der Waals surface area contributed by atoms with Gasteiger partial charge >= 0.3 is 12.0 Å². The van der Waals surface area contributed by atoms with Crippen molar-refractivity contribution in [1.29, 1.82) is 0 Å². The molecular weight excluding hydrogens is 522 g/mol. The van der Waals surface area contributed by atoms with Crippen LogP contribution in [0.15, 0.2) is 69.8 Å². The second kappa shape index (κ2) is 13.3. The number of thiophene rings is 2. The highest BCUT2D eigenvalue weighted by atomic mass is 32.1. The lowest BCUT2D eigenvalue weighted by molar-refractivity contribution is -0.138. The van der Waals surface area contributed by atoms with E-state index in [1.54, 1.807) is 39.7 Å². The molecule has 0 saturated heterocycles. The summed E-state index contributed by atoms with van der Waals surface area (Å²) >= 11 is 3.16. The second-order valence-electron chi connectivity index (χ2n) is 9.00. The van der Waals surface area contributed by atoms with Gasteiger partial charge in [0.15, 0.2) is 0 Å². The summed E-state index contributed by atoms with van der Waals surface area (Å²) in [5, 5.41) is 19.8. The molecule has 1 unspecified atom stereocenters. The number of carbonyl (C=O) groups is 3. The van der Waals surface area contributed by atoms with Gasteiger partial charge in [0.1, 0.15) is 17.4 Å². The van der Waals surface area contributed by atoms with Crippen LogP contribution in [0.4, 0.5) is 4.79 Å². The maximum atomic E-state index is 13.8. The van der Waals surface area contributed by atoms with Crippen molar-refractivity contribution in [3.8, 4) is 0 Å². The van der Waals surface area contributed by atoms with E-state index in [1.165, 1.54) is 0 Å². The highest BCUT2D eigenvalue weighted by Gasteiger charge is 2.28. The lowest BCUT2D eigenvalue weighted by Gasteiger charge is -2.28. The SMILES string of the molecule is CCCC[C@H](NC(=O)NC(CC(=O)O)c1cc2ccccc2o1)C(=O)N(Cc1cccs1)Cc1cccs1. The molecule has 4 aromatic rings. The smallest absolute Gasteiger partial charge is 0.316 e. The zero-order valence-electron chi connectivity index (χ0n) is 21.1. The molecule has 0 saturated carbocycles. The van der Waals surface area contributed by atoms with Crippen LogP contribution in [-0.4, -0.2) is 34.0 Å². The van der Waals surface area contributed by atoms with Crippen molar-refractivity contribution in [2.75, 3.05) is 0 Å².